The van der Waals surface area contributed by atoms with Crippen LogP contribution in [0.2, 0.25) is 0 Å². The minimum atomic E-state index is -0.466. The molecule has 0 radical (unpaired) electrons. The standard InChI is InChI=1S/C16H20N4O2/c1-19-11-17-15(18-19)16(22)20-9-7-13(8-10-20)14(21)12-5-3-2-4-6-12/h2-6,11,13-14,21H,7-10H2,1H3. The van der Waals surface area contributed by atoms with E-state index in [0.717, 1.165) is 18.4 Å². The summed E-state index contributed by atoms with van der Waals surface area (Å²) in [5.41, 5.74) is 0.943. The molecule has 0 saturated carbocycles. The highest BCUT2D eigenvalue weighted by Crippen LogP contribution is 2.30. The van der Waals surface area contributed by atoms with Gasteiger partial charge in [-0.05, 0) is 24.3 Å². The number of amides is 1. The molecule has 1 fully saturated rings. The first-order chi connectivity index (χ1) is 10.6. The van der Waals surface area contributed by atoms with Crippen molar-refractivity contribution in [2.24, 2.45) is 13.0 Å². The van der Waals surface area contributed by atoms with E-state index in [2.05, 4.69) is 10.1 Å². The molecule has 1 aromatic heterocycles. The van der Waals surface area contributed by atoms with Gasteiger partial charge in [0.1, 0.15) is 6.33 Å². The molecule has 6 heteroatoms. The Labute approximate surface area is 129 Å². The maximum Gasteiger partial charge on any atom is 0.293 e. The largest absolute Gasteiger partial charge is 0.388 e. The number of nitrogens with zero attached hydrogens (tertiary/aromatic N) is 4. The van der Waals surface area contributed by atoms with Crippen LogP contribution in [0.1, 0.15) is 35.1 Å². The SMILES string of the molecule is Cn1cnc(C(=O)N2CCC(C(O)c3ccccc3)CC2)n1. The Hall–Kier alpha value is -2.21. The van der Waals surface area contributed by atoms with Crippen molar-refractivity contribution < 1.29 is 9.90 Å². The molecular formula is C16H20N4O2. The molecule has 0 bridgehead atoms. The maximum absolute atomic E-state index is 12.3. The van der Waals surface area contributed by atoms with Crippen LogP contribution in [0.25, 0.3) is 0 Å². The van der Waals surface area contributed by atoms with Gasteiger partial charge in [0.25, 0.3) is 5.91 Å². The Balaban J connectivity index is 1.59. The Kier molecular flexibility index (Phi) is 4.20. The summed E-state index contributed by atoms with van der Waals surface area (Å²) in [5.74, 6) is 0.293. The molecule has 2 aromatic rings. The molecule has 116 valence electrons. The van der Waals surface area contributed by atoms with Crippen LogP contribution in [-0.2, 0) is 7.05 Å². The van der Waals surface area contributed by atoms with E-state index in [9.17, 15) is 9.90 Å². The molecular weight excluding hydrogens is 280 g/mol. The van der Waals surface area contributed by atoms with Crippen molar-refractivity contribution in [1.29, 1.82) is 0 Å². The molecule has 2 heterocycles. The van der Waals surface area contributed by atoms with Crippen molar-refractivity contribution in [3.05, 3.63) is 48.0 Å². The fraction of sp³-hybridized carbons (Fsp3) is 0.438. The van der Waals surface area contributed by atoms with E-state index in [0.29, 0.717) is 13.1 Å². The van der Waals surface area contributed by atoms with Crippen LogP contribution < -0.4 is 0 Å². The summed E-state index contributed by atoms with van der Waals surface area (Å²) in [7, 11) is 1.74. The summed E-state index contributed by atoms with van der Waals surface area (Å²) < 4.78 is 1.53. The van der Waals surface area contributed by atoms with Gasteiger partial charge >= 0.3 is 0 Å². The molecule has 1 N–H and O–H groups in total. The van der Waals surface area contributed by atoms with Crippen LogP contribution in [-0.4, -0.2) is 43.8 Å². The van der Waals surface area contributed by atoms with Crippen molar-refractivity contribution in [2.75, 3.05) is 13.1 Å². The predicted octanol–water partition coefficient (Wildman–Crippen LogP) is 1.40. The van der Waals surface area contributed by atoms with Crippen molar-refractivity contribution in [3.63, 3.8) is 0 Å². The van der Waals surface area contributed by atoms with E-state index in [-0.39, 0.29) is 17.6 Å². The van der Waals surface area contributed by atoms with E-state index in [1.165, 1.54) is 11.0 Å². The van der Waals surface area contributed by atoms with Gasteiger partial charge in [-0.3, -0.25) is 9.48 Å². The third-order valence-electron chi connectivity index (χ3n) is 4.21. The number of hydrogen-bond acceptors (Lipinski definition) is 4. The first-order valence-corrected chi connectivity index (χ1v) is 7.53. The van der Waals surface area contributed by atoms with E-state index < -0.39 is 6.10 Å². The van der Waals surface area contributed by atoms with Crippen LogP contribution in [0.5, 0.6) is 0 Å². The maximum atomic E-state index is 12.3. The Morgan fingerprint density at radius 2 is 1.95 bits per heavy atom. The van der Waals surface area contributed by atoms with Crippen LogP contribution in [0.4, 0.5) is 0 Å². The molecule has 6 nitrogen and oxygen atoms in total. The summed E-state index contributed by atoms with van der Waals surface area (Å²) in [6.07, 6.45) is 2.63. The monoisotopic (exact) mass is 300 g/mol. The summed E-state index contributed by atoms with van der Waals surface area (Å²) >= 11 is 0. The van der Waals surface area contributed by atoms with E-state index in [1.54, 1.807) is 11.9 Å². The molecule has 0 aliphatic carbocycles. The topological polar surface area (TPSA) is 71.2 Å². The van der Waals surface area contributed by atoms with Gasteiger partial charge in [-0.15, -0.1) is 5.10 Å². The van der Waals surface area contributed by atoms with Gasteiger partial charge < -0.3 is 10.0 Å². The number of rotatable bonds is 3. The lowest BCUT2D eigenvalue weighted by Gasteiger charge is -2.33. The molecule has 1 atom stereocenters. The quantitative estimate of drug-likeness (QED) is 0.930. The summed E-state index contributed by atoms with van der Waals surface area (Å²) in [4.78, 5) is 18.1. The number of aliphatic hydroxyl groups excluding tert-OH is 1. The molecule has 1 aromatic carbocycles. The van der Waals surface area contributed by atoms with Crippen molar-refractivity contribution in [1.82, 2.24) is 19.7 Å². The lowest BCUT2D eigenvalue weighted by atomic mass is 9.87. The van der Waals surface area contributed by atoms with Crippen LogP contribution in [0.3, 0.4) is 0 Å². The van der Waals surface area contributed by atoms with Gasteiger partial charge in [-0.25, -0.2) is 4.98 Å². The number of carbonyl (C=O) groups excluding carboxylic acids is 1. The Bertz CT molecular complexity index is 633. The first-order valence-electron chi connectivity index (χ1n) is 7.53. The average Bonchev–Trinajstić information content (AvgIpc) is 3.01. The fourth-order valence-corrected chi connectivity index (χ4v) is 2.92. The van der Waals surface area contributed by atoms with Gasteiger partial charge in [-0.1, -0.05) is 30.3 Å². The van der Waals surface area contributed by atoms with E-state index in [4.69, 9.17) is 0 Å². The van der Waals surface area contributed by atoms with Gasteiger partial charge in [0.15, 0.2) is 0 Å². The highest BCUT2D eigenvalue weighted by molar-refractivity contribution is 5.90. The molecule has 1 aliphatic rings. The fourth-order valence-electron chi connectivity index (χ4n) is 2.92. The van der Waals surface area contributed by atoms with Crippen molar-refractivity contribution in [3.8, 4) is 0 Å². The lowest BCUT2D eigenvalue weighted by molar-refractivity contribution is 0.0454. The van der Waals surface area contributed by atoms with Crippen molar-refractivity contribution in [2.45, 2.75) is 18.9 Å². The van der Waals surface area contributed by atoms with Crippen molar-refractivity contribution >= 4 is 5.91 Å². The predicted molar refractivity (Wildman–Crippen MR) is 81.0 cm³/mol. The minimum Gasteiger partial charge on any atom is -0.388 e. The zero-order valence-corrected chi connectivity index (χ0v) is 12.6. The van der Waals surface area contributed by atoms with Gasteiger partial charge in [-0.2, -0.15) is 0 Å². The second-order valence-corrected chi connectivity index (χ2v) is 5.73. The van der Waals surface area contributed by atoms with E-state index >= 15 is 0 Å². The number of aryl methyl sites for hydroxylation is 1. The molecule has 3 rings (SSSR count). The van der Waals surface area contributed by atoms with E-state index in [1.807, 2.05) is 30.3 Å². The molecule has 1 saturated heterocycles. The Morgan fingerprint density at radius 1 is 1.27 bits per heavy atom. The smallest absolute Gasteiger partial charge is 0.293 e. The van der Waals surface area contributed by atoms with Crippen LogP contribution in [0, 0.1) is 5.92 Å². The zero-order valence-electron chi connectivity index (χ0n) is 12.6. The molecule has 1 aliphatic heterocycles. The number of aromatic nitrogens is 3. The molecule has 1 unspecified atom stereocenters. The lowest BCUT2D eigenvalue weighted by Crippen LogP contribution is -2.40. The average molecular weight is 300 g/mol. The number of benzene rings is 1. The summed E-state index contributed by atoms with van der Waals surface area (Å²) in [6.45, 7) is 1.26. The summed E-state index contributed by atoms with van der Waals surface area (Å²) in [5, 5.41) is 14.5. The number of aliphatic hydroxyl groups is 1. The second kappa shape index (κ2) is 6.27. The normalized spacial score (nSPS) is 17.5. The van der Waals surface area contributed by atoms with Crippen LogP contribution >= 0.6 is 0 Å². The summed E-state index contributed by atoms with van der Waals surface area (Å²) in [6, 6.07) is 9.70. The number of likely N-dealkylation sites (tertiary alicyclic amines) is 1. The third kappa shape index (κ3) is 3.01. The first kappa shape index (κ1) is 14.7. The highest BCUT2D eigenvalue weighted by Gasteiger charge is 2.29. The van der Waals surface area contributed by atoms with Crippen LogP contribution in [0.15, 0.2) is 36.7 Å². The molecule has 0 spiro atoms. The van der Waals surface area contributed by atoms with Gasteiger partial charge in [0, 0.05) is 20.1 Å². The number of hydrogen-bond donors (Lipinski definition) is 1. The Morgan fingerprint density at radius 3 is 2.55 bits per heavy atom. The zero-order chi connectivity index (χ0) is 15.5. The number of piperidine rings is 1. The van der Waals surface area contributed by atoms with Gasteiger partial charge in [0.2, 0.25) is 5.82 Å². The molecule has 22 heavy (non-hydrogen) atoms. The third-order valence-corrected chi connectivity index (χ3v) is 4.21. The highest BCUT2D eigenvalue weighted by atomic mass is 16.3. The second-order valence-electron chi connectivity index (χ2n) is 5.73. The van der Waals surface area contributed by atoms with Gasteiger partial charge in [0.05, 0.1) is 6.10 Å². The minimum absolute atomic E-state index is 0.131. The molecule has 1 amide bonds. The number of carbonyl (C=O) groups is 1.